The second-order valence-corrected chi connectivity index (χ2v) is 7.80. The van der Waals surface area contributed by atoms with Crippen LogP contribution in [0.5, 0.6) is 0 Å². The summed E-state index contributed by atoms with van der Waals surface area (Å²) >= 11 is 0. The molecule has 136 valence electrons. The van der Waals surface area contributed by atoms with E-state index in [0.717, 1.165) is 9.99 Å². The van der Waals surface area contributed by atoms with Crippen LogP contribution in [-0.4, -0.2) is 37.4 Å². The van der Waals surface area contributed by atoms with E-state index in [-0.39, 0.29) is 17.5 Å². The highest BCUT2D eigenvalue weighted by Crippen LogP contribution is 2.18. The molecule has 0 aliphatic carbocycles. The van der Waals surface area contributed by atoms with E-state index in [0.29, 0.717) is 5.56 Å². The van der Waals surface area contributed by atoms with E-state index in [9.17, 15) is 13.2 Å². The monoisotopic (exact) mass is 374 g/mol. The molecule has 2 heterocycles. The number of rotatable bonds is 6. The van der Waals surface area contributed by atoms with E-state index in [1.807, 2.05) is 41.2 Å². The maximum Gasteiger partial charge on any atom is 0.338 e. The van der Waals surface area contributed by atoms with Crippen molar-refractivity contribution in [3.63, 3.8) is 0 Å². The van der Waals surface area contributed by atoms with Crippen molar-refractivity contribution in [2.24, 2.45) is 0 Å². The molecule has 7 nitrogen and oxygen atoms in total. The molecule has 0 bridgehead atoms. The fraction of sp³-hybridized carbons (Fsp3) is 0.167. The van der Waals surface area contributed by atoms with Gasteiger partial charge in [-0.15, -0.1) is 0 Å². The SMILES string of the molecule is CN(C)S(=O)(=O)c1ccc(COC(=O)c2ccc(-n3cccc3)cc2)o1. The maximum absolute atomic E-state index is 12.1. The first kappa shape index (κ1) is 18.0. The molecule has 0 amide bonds. The van der Waals surface area contributed by atoms with Gasteiger partial charge in [0.05, 0.1) is 5.56 Å². The number of furan rings is 1. The molecule has 0 unspecified atom stereocenters. The van der Waals surface area contributed by atoms with Gasteiger partial charge in [-0.1, -0.05) is 0 Å². The van der Waals surface area contributed by atoms with Gasteiger partial charge in [-0.25, -0.2) is 17.5 Å². The first-order valence-corrected chi connectivity index (χ1v) is 9.24. The number of benzene rings is 1. The highest BCUT2D eigenvalue weighted by Gasteiger charge is 2.21. The van der Waals surface area contributed by atoms with Crippen LogP contribution in [0.4, 0.5) is 0 Å². The molecule has 1 aromatic carbocycles. The van der Waals surface area contributed by atoms with Crippen molar-refractivity contribution >= 4 is 16.0 Å². The van der Waals surface area contributed by atoms with Gasteiger partial charge in [-0.05, 0) is 48.5 Å². The summed E-state index contributed by atoms with van der Waals surface area (Å²) in [4.78, 5) is 12.1. The summed E-state index contributed by atoms with van der Waals surface area (Å²) in [6, 6.07) is 13.6. The number of sulfonamides is 1. The smallest absolute Gasteiger partial charge is 0.338 e. The quantitative estimate of drug-likeness (QED) is 0.620. The Morgan fingerprint density at radius 2 is 1.73 bits per heavy atom. The molecule has 0 aliphatic heterocycles. The highest BCUT2D eigenvalue weighted by atomic mass is 32.2. The van der Waals surface area contributed by atoms with Gasteiger partial charge in [-0.2, -0.15) is 0 Å². The van der Waals surface area contributed by atoms with Gasteiger partial charge in [0.1, 0.15) is 12.4 Å². The Bertz CT molecular complexity index is 987. The van der Waals surface area contributed by atoms with Gasteiger partial charge in [0.15, 0.2) is 0 Å². The lowest BCUT2D eigenvalue weighted by Gasteiger charge is -2.08. The van der Waals surface area contributed by atoms with Crippen molar-refractivity contribution in [1.29, 1.82) is 0 Å². The summed E-state index contributed by atoms with van der Waals surface area (Å²) in [5, 5.41) is -0.190. The summed E-state index contributed by atoms with van der Waals surface area (Å²) in [6.07, 6.45) is 3.81. The number of ether oxygens (including phenoxy) is 1. The van der Waals surface area contributed by atoms with Gasteiger partial charge < -0.3 is 13.7 Å². The Labute approximate surface area is 151 Å². The fourth-order valence-corrected chi connectivity index (χ4v) is 3.06. The third-order valence-corrected chi connectivity index (χ3v) is 5.41. The van der Waals surface area contributed by atoms with E-state index >= 15 is 0 Å². The van der Waals surface area contributed by atoms with Crippen LogP contribution in [0.1, 0.15) is 16.1 Å². The zero-order valence-corrected chi connectivity index (χ0v) is 15.1. The minimum Gasteiger partial charge on any atom is -0.454 e. The molecule has 0 N–H and O–H groups in total. The normalized spacial score (nSPS) is 11.7. The number of aromatic nitrogens is 1. The molecular formula is C18H18N2O5S. The average Bonchev–Trinajstić information content (AvgIpc) is 3.31. The molecule has 2 aromatic heterocycles. The fourth-order valence-electron chi connectivity index (χ4n) is 2.25. The van der Waals surface area contributed by atoms with Gasteiger partial charge >= 0.3 is 5.97 Å². The second-order valence-electron chi connectivity index (χ2n) is 5.72. The molecule has 0 atom stereocenters. The molecule has 0 saturated heterocycles. The van der Waals surface area contributed by atoms with Crippen LogP contribution in [-0.2, 0) is 21.4 Å². The van der Waals surface area contributed by atoms with Crippen LogP contribution >= 0.6 is 0 Å². The third-order valence-electron chi connectivity index (χ3n) is 3.72. The molecule has 8 heteroatoms. The number of carbonyl (C=O) groups excluding carboxylic acids is 1. The van der Waals surface area contributed by atoms with Crippen LogP contribution in [0.15, 0.2) is 70.4 Å². The Morgan fingerprint density at radius 1 is 1.08 bits per heavy atom. The summed E-state index contributed by atoms with van der Waals surface area (Å²) in [5.41, 5.74) is 1.32. The standard InChI is InChI=1S/C18H18N2O5S/c1-19(2)26(22,23)17-10-9-16(25-17)13-24-18(21)14-5-7-15(8-6-14)20-11-3-4-12-20/h3-12H,13H2,1-2H3. The Balaban J connectivity index is 1.63. The van der Waals surface area contributed by atoms with E-state index < -0.39 is 16.0 Å². The average molecular weight is 374 g/mol. The van der Waals surface area contributed by atoms with Crippen molar-refractivity contribution in [1.82, 2.24) is 8.87 Å². The zero-order chi connectivity index (χ0) is 18.7. The van der Waals surface area contributed by atoms with Crippen LogP contribution < -0.4 is 0 Å². The predicted octanol–water partition coefficient (Wildman–Crippen LogP) is 2.68. The van der Waals surface area contributed by atoms with Gasteiger partial charge in [-0.3, -0.25) is 0 Å². The van der Waals surface area contributed by atoms with E-state index in [4.69, 9.17) is 9.15 Å². The molecule has 0 radical (unpaired) electrons. The molecule has 0 saturated carbocycles. The van der Waals surface area contributed by atoms with Crippen molar-refractivity contribution in [2.75, 3.05) is 14.1 Å². The van der Waals surface area contributed by atoms with Crippen molar-refractivity contribution in [2.45, 2.75) is 11.7 Å². The number of hydrogen-bond acceptors (Lipinski definition) is 5. The molecule has 0 fully saturated rings. The van der Waals surface area contributed by atoms with E-state index in [1.54, 1.807) is 12.1 Å². The first-order valence-electron chi connectivity index (χ1n) is 7.80. The van der Waals surface area contributed by atoms with Crippen LogP contribution in [0.25, 0.3) is 5.69 Å². The lowest BCUT2D eigenvalue weighted by atomic mass is 10.2. The van der Waals surface area contributed by atoms with Crippen molar-refractivity contribution in [3.05, 3.63) is 72.2 Å². The second kappa shape index (κ2) is 7.19. The summed E-state index contributed by atoms with van der Waals surface area (Å²) < 4.78 is 37.3. The Morgan fingerprint density at radius 3 is 2.35 bits per heavy atom. The minimum absolute atomic E-state index is 0.152. The van der Waals surface area contributed by atoms with Gasteiger partial charge in [0.25, 0.3) is 10.0 Å². The first-order chi connectivity index (χ1) is 12.4. The largest absolute Gasteiger partial charge is 0.454 e. The van der Waals surface area contributed by atoms with E-state index in [2.05, 4.69) is 0 Å². The number of nitrogens with zero attached hydrogens (tertiary/aromatic N) is 2. The van der Waals surface area contributed by atoms with Crippen LogP contribution in [0.2, 0.25) is 0 Å². The number of carbonyl (C=O) groups is 1. The molecular weight excluding hydrogens is 356 g/mol. The Hall–Kier alpha value is -2.84. The predicted molar refractivity (Wildman–Crippen MR) is 94.5 cm³/mol. The Kier molecular flexibility index (Phi) is 4.97. The van der Waals surface area contributed by atoms with Crippen molar-refractivity contribution < 1.29 is 22.4 Å². The summed E-state index contributed by atoms with van der Waals surface area (Å²) in [5.74, 6) is -0.264. The molecule has 3 aromatic rings. The lowest BCUT2D eigenvalue weighted by Crippen LogP contribution is -2.21. The summed E-state index contributed by atoms with van der Waals surface area (Å²) in [7, 11) is -0.826. The van der Waals surface area contributed by atoms with Crippen LogP contribution in [0.3, 0.4) is 0 Å². The molecule has 0 aliphatic rings. The highest BCUT2D eigenvalue weighted by molar-refractivity contribution is 7.88. The topological polar surface area (TPSA) is 81.8 Å². The minimum atomic E-state index is -3.65. The van der Waals surface area contributed by atoms with Gasteiger partial charge in [0.2, 0.25) is 5.09 Å². The number of hydrogen-bond donors (Lipinski definition) is 0. The summed E-state index contributed by atoms with van der Waals surface area (Å²) in [6.45, 7) is -0.152. The third kappa shape index (κ3) is 3.71. The lowest BCUT2D eigenvalue weighted by molar-refractivity contribution is 0.0440. The van der Waals surface area contributed by atoms with Crippen molar-refractivity contribution in [3.8, 4) is 5.69 Å². The molecule has 0 spiro atoms. The van der Waals surface area contributed by atoms with Gasteiger partial charge in [0, 0.05) is 32.2 Å². The van der Waals surface area contributed by atoms with Crippen LogP contribution in [0, 0.1) is 0 Å². The maximum atomic E-state index is 12.1. The number of esters is 1. The molecule has 26 heavy (non-hydrogen) atoms. The zero-order valence-electron chi connectivity index (χ0n) is 14.3. The van der Waals surface area contributed by atoms with E-state index in [1.165, 1.54) is 26.2 Å². The molecule has 3 rings (SSSR count).